The van der Waals surface area contributed by atoms with Crippen LogP contribution in [0.4, 0.5) is 0 Å². The standard InChI is InChI=1S/C20H24N4O/c1-3-17(20(25)22-13-11-15-8-7-12-21-14-15)24-18-10-6-5-9-16(18)23-19(24)4-2/h5-10,12,14,17H,3-4,11,13H2,1-2H3,(H,22,25)/t17-/m1/s1. The van der Waals surface area contributed by atoms with Crippen LogP contribution in [0.15, 0.2) is 48.8 Å². The Morgan fingerprint density at radius 2 is 2.04 bits per heavy atom. The van der Waals surface area contributed by atoms with Crippen molar-refractivity contribution in [3.8, 4) is 0 Å². The number of aryl methyl sites for hydroxylation is 1. The Labute approximate surface area is 148 Å². The first kappa shape index (κ1) is 17.1. The number of hydrogen-bond donors (Lipinski definition) is 1. The molecule has 0 bridgehead atoms. The summed E-state index contributed by atoms with van der Waals surface area (Å²) in [5, 5.41) is 3.07. The van der Waals surface area contributed by atoms with Crippen molar-refractivity contribution in [3.05, 3.63) is 60.2 Å². The summed E-state index contributed by atoms with van der Waals surface area (Å²) in [4.78, 5) is 21.6. The zero-order valence-electron chi connectivity index (χ0n) is 14.8. The molecular weight excluding hydrogens is 312 g/mol. The first-order valence-corrected chi connectivity index (χ1v) is 8.87. The summed E-state index contributed by atoms with van der Waals surface area (Å²) in [6.07, 6.45) is 5.90. The summed E-state index contributed by atoms with van der Waals surface area (Å²) in [7, 11) is 0. The minimum atomic E-state index is -0.240. The Morgan fingerprint density at radius 3 is 2.76 bits per heavy atom. The van der Waals surface area contributed by atoms with Crippen molar-refractivity contribution in [3.63, 3.8) is 0 Å². The molecule has 2 aromatic heterocycles. The fourth-order valence-corrected chi connectivity index (χ4v) is 3.17. The van der Waals surface area contributed by atoms with Gasteiger partial charge < -0.3 is 9.88 Å². The lowest BCUT2D eigenvalue weighted by atomic mass is 10.1. The van der Waals surface area contributed by atoms with Gasteiger partial charge in [-0.25, -0.2) is 4.98 Å². The van der Waals surface area contributed by atoms with E-state index >= 15 is 0 Å². The maximum atomic E-state index is 12.8. The van der Waals surface area contributed by atoms with Gasteiger partial charge in [-0.15, -0.1) is 0 Å². The number of pyridine rings is 1. The predicted molar refractivity (Wildman–Crippen MR) is 99.4 cm³/mol. The van der Waals surface area contributed by atoms with Crippen molar-refractivity contribution in [1.82, 2.24) is 19.9 Å². The number of amides is 1. The van der Waals surface area contributed by atoms with Crippen molar-refractivity contribution in [1.29, 1.82) is 0 Å². The van der Waals surface area contributed by atoms with E-state index in [-0.39, 0.29) is 11.9 Å². The van der Waals surface area contributed by atoms with E-state index in [0.717, 1.165) is 41.7 Å². The molecule has 0 aliphatic heterocycles. The highest BCUT2D eigenvalue weighted by Crippen LogP contribution is 2.24. The summed E-state index contributed by atoms with van der Waals surface area (Å²) >= 11 is 0. The quantitative estimate of drug-likeness (QED) is 0.720. The van der Waals surface area contributed by atoms with E-state index in [2.05, 4.69) is 26.8 Å². The second kappa shape index (κ2) is 7.92. The minimum Gasteiger partial charge on any atom is -0.354 e. The van der Waals surface area contributed by atoms with E-state index in [1.54, 1.807) is 6.20 Å². The van der Waals surface area contributed by atoms with E-state index < -0.39 is 0 Å². The molecule has 3 rings (SSSR count). The molecule has 25 heavy (non-hydrogen) atoms. The third kappa shape index (κ3) is 3.71. The predicted octanol–water partition coefficient (Wildman–Crippen LogP) is 3.30. The SMILES string of the molecule is CCc1nc2ccccc2n1[C@H](CC)C(=O)NCCc1cccnc1. The average molecular weight is 336 g/mol. The molecule has 0 saturated carbocycles. The summed E-state index contributed by atoms with van der Waals surface area (Å²) in [6.45, 7) is 4.72. The van der Waals surface area contributed by atoms with Crippen LogP contribution in [0.5, 0.6) is 0 Å². The van der Waals surface area contributed by atoms with Crippen LogP contribution >= 0.6 is 0 Å². The van der Waals surface area contributed by atoms with E-state index in [4.69, 9.17) is 0 Å². The number of fused-ring (bicyclic) bond motifs is 1. The van der Waals surface area contributed by atoms with Crippen molar-refractivity contribution in [2.45, 2.75) is 39.2 Å². The molecule has 0 radical (unpaired) electrons. The molecule has 0 spiro atoms. The normalized spacial score (nSPS) is 12.2. The van der Waals surface area contributed by atoms with Gasteiger partial charge in [0, 0.05) is 25.4 Å². The average Bonchev–Trinajstić information content (AvgIpc) is 3.02. The number of nitrogens with one attached hydrogen (secondary N) is 1. The zero-order chi connectivity index (χ0) is 17.6. The van der Waals surface area contributed by atoms with Gasteiger partial charge in [0.05, 0.1) is 11.0 Å². The zero-order valence-corrected chi connectivity index (χ0v) is 14.8. The van der Waals surface area contributed by atoms with Gasteiger partial charge >= 0.3 is 0 Å². The summed E-state index contributed by atoms with van der Waals surface area (Å²) in [5.74, 6) is 1.000. The van der Waals surface area contributed by atoms with E-state index in [9.17, 15) is 4.79 Å². The van der Waals surface area contributed by atoms with Crippen LogP contribution in [-0.4, -0.2) is 27.0 Å². The number of hydrogen-bond acceptors (Lipinski definition) is 3. The van der Waals surface area contributed by atoms with Crippen LogP contribution in [-0.2, 0) is 17.6 Å². The van der Waals surface area contributed by atoms with Gasteiger partial charge in [0.1, 0.15) is 11.9 Å². The number of para-hydroxylation sites is 2. The van der Waals surface area contributed by atoms with Gasteiger partial charge in [0.15, 0.2) is 0 Å². The summed E-state index contributed by atoms with van der Waals surface area (Å²) in [5.41, 5.74) is 3.09. The van der Waals surface area contributed by atoms with Gasteiger partial charge in [-0.2, -0.15) is 0 Å². The van der Waals surface area contributed by atoms with Gasteiger partial charge in [0.25, 0.3) is 0 Å². The van der Waals surface area contributed by atoms with Crippen LogP contribution in [0, 0.1) is 0 Å². The number of benzene rings is 1. The van der Waals surface area contributed by atoms with Crippen molar-refractivity contribution in [2.75, 3.05) is 6.54 Å². The van der Waals surface area contributed by atoms with E-state index in [0.29, 0.717) is 6.54 Å². The van der Waals surface area contributed by atoms with Crippen molar-refractivity contribution in [2.24, 2.45) is 0 Å². The largest absolute Gasteiger partial charge is 0.354 e. The fraction of sp³-hybridized carbons (Fsp3) is 0.350. The third-order valence-corrected chi connectivity index (χ3v) is 4.42. The van der Waals surface area contributed by atoms with Crippen LogP contribution < -0.4 is 5.32 Å². The Kier molecular flexibility index (Phi) is 5.43. The van der Waals surface area contributed by atoms with Crippen LogP contribution in [0.2, 0.25) is 0 Å². The fourth-order valence-electron chi connectivity index (χ4n) is 3.17. The minimum absolute atomic E-state index is 0.0456. The molecule has 0 aliphatic carbocycles. The molecule has 0 fully saturated rings. The molecule has 1 atom stereocenters. The molecule has 1 amide bonds. The number of nitrogens with zero attached hydrogens (tertiary/aromatic N) is 3. The van der Waals surface area contributed by atoms with Crippen LogP contribution in [0.1, 0.15) is 37.7 Å². The van der Waals surface area contributed by atoms with E-state index in [1.807, 2.05) is 49.5 Å². The first-order valence-electron chi connectivity index (χ1n) is 8.87. The monoisotopic (exact) mass is 336 g/mol. The number of imidazole rings is 1. The molecule has 130 valence electrons. The highest BCUT2D eigenvalue weighted by Gasteiger charge is 2.23. The van der Waals surface area contributed by atoms with Crippen LogP contribution in [0.25, 0.3) is 11.0 Å². The second-order valence-corrected chi connectivity index (χ2v) is 6.07. The molecule has 0 unspecified atom stereocenters. The number of aromatic nitrogens is 3. The van der Waals surface area contributed by atoms with Gasteiger partial charge in [-0.1, -0.05) is 32.0 Å². The second-order valence-electron chi connectivity index (χ2n) is 6.07. The number of carbonyl (C=O) groups excluding carboxylic acids is 1. The molecule has 0 saturated heterocycles. The molecule has 5 nitrogen and oxygen atoms in total. The van der Waals surface area contributed by atoms with Crippen molar-refractivity contribution >= 4 is 16.9 Å². The molecule has 1 aromatic carbocycles. The first-order chi connectivity index (χ1) is 12.2. The summed E-state index contributed by atoms with van der Waals surface area (Å²) < 4.78 is 2.09. The van der Waals surface area contributed by atoms with Crippen LogP contribution in [0.3, 0.4) is 0 Å². The lowest BCUT2D eigenvalue weighted by Crippen LogP contribution is -2.34. The molecule has 3 aromatic rings. The van der Waals surface area contributed by atoms with E-state index in [1.165, 1.54) is 0 Å². The maximum absolute atomic E-state index is 12.8. The lowest BCUT2D eigenvalue weighted by Gasteiger charge is -2.20. The topological polar surface area (TPSA) is 59.8 Å². The highest BCUT2D eigenvalue weighted by molar-refractivity contribution is 5.84. The van der Waals surface area contributed by atoms with Gasteiger partial charge in [-0.05, 0) is 36.6 Å². The Balaban J connectivity index is 1.76. The molecular formula is C20H24N4O. The van der Waals surface area contributed by atoms with Crippen molar-refractivity contribution < 1.29 is 4.79 Å². The Bertz CT molecular complexity index is 841. The Hall–Kier alpha value is -2.69. The number of rotatable bonds is 7. The highest BCUT2D eigenvalue weighted by atomic mass is 16.2. The van der Waals surface area contributed by atoms with Gasteiger partial charge in [0.2, 0.25) is 5.91 Å². The Morgan fingerprint density at radius 1 is 1.20 bits per heavy atom. The lowest BCUT2D eigenvalue weighted by molar-refractivity contribution is -0.124. The summed E-state index contributed by atoms with van der Waals surface area (Å²) in [6, 6.07) is 11.7. The molecule has 0 aliphatic rings. The number of carbonyl (C=O) groups is 1. The third-order valence-electron chi connectivity index (χ3n) is 4.42. The smallest absolute Gasteiger partial charge is 0.243 e. The molecule has 2 heterocycles. The molecule has 5 heteroatoms. The maximum Gasteiger partial charge on any atom is 0.243 e. The molecule has 1 N–H and O–H groups in total. The van der Waals surface area contributed by atoms with Gasteiger partial charge in [-0.3, -0.25) is 9.78 Å².